The second-order valence-electron chi connectivity index (χ2n) is 3.93. The smallest absolute Gasteiger partial charge is 0.258 e. The van der Waals surface area contributed by atoms with Gasteiger partial charge < -0.3 is 10.1 Å². The van der Waals surface area contributed by atoms with Crippen LogP contribution in [0.2, 0.25) is 10.0 Å². The molecule has 0 saturated heterocycles. The molecule has 0 heterocycles. The van der Waals surface area contributed by atoms with Crippen LogP contribution < -0.4 is 10.1 Å². The lowest BCUT2D eigenvalue weighted by atomic mass is 10.2. The number of halogens is 3. The summed E-state index contributed by atoms with van der Waals surface area (Å²) < 4.78 is 18.6. The summed E-state index contributed by atoms with van der Waals surface area (Å²) in [6.45, 7) is 0. The summed E-state index contributed by atoms with van der Waals surface area (Å²) in [5.41, 5.74) is 0.344. The van der Waals surface area contributed by atoms with Crippen LogP contribution in [0.15, 0.2) is 36.4 Å². The van der Waals surface area contributed by atoms with Crippen LogP contribution in [0.25, 0.3) is 0 Å². The fraction of sp³-hybridized carbons (Fsp3) is 0.0714. The number of benzene rings is 2. The standard InChI is InChI=1S/C14H10Cl2FNO2/c1-20-9-3-4-10(13(17)7-9)14(19)18-8-2-5-11(15)12(16)6-8/h2-7H,1H3,(H,18,19). The highest BCUT2D eigenvalue weighted by Gasteiger charge is 2.13. The highest BCUT2D eigenvalue weighted by Crippen LogP contribution is 2.25. The monoisotopic (exact) mass is 313 g/mol. The molecule has 3 nitrogen and oxygen atoms in total. The van der Waals surface area contributed by atoms with Crippen LogP contribution in [0.4, 0.5) is 10.1 Å². The Balaban J connectivity index is 2.21. The van der Waals surface area contributed by atoms with Gasteiger partial charge in [-0.15, -0.1) is 0 Å². The van der Waals surface area contributed by atoms with Crippen LogP contribution in [-0.2, 0) is 0 Å². The molecule has 20 heavy (non-hydrogen) atoms. The van der Waals surface area contributed by atoms with Crippen molar-refractivity contribution >= 4 is 34.8 Å². The van der Waals surface area contributed by atoms with Crippen molar-refractivity contribution in [1.82, 2.24) is 0 Å². The predicted molar refractivity (Wildman–Crippen MR) is 77.4 cm³/mol. The van der Waals surface area contributed by atoms with Crippen LogP contribution in [0.5, 0.6) is 5.75 Å². The fourth-order valence-corrected chi connectivity index (χ4v) is 1.88. The number of carbonyl (C=O) groups excluding carboxylic acids is 1. The third-order valence-electron chi connectivity index (χ3n) is 2.60. The van der Waals surface area contributed by atoms with Crippen molar-refractivity contribution in [2.75, 3.05) is 12.4 Å². The maximum Gasteiger partial charge on any atom is 0.258 e. The molecule has 0 aliphatic heterocycles. The molecule has 0 saturated carbocycles. The molecule has 0 radical (unpaired) electrons. The van der Waals surface area contributed by atoms with Gasteiger partial charge in [0.1, 0.15) is 11.6 Å². The zero-order valence-corrected chi connectivity index (χ0v) is 11.9. The van der Waals surface area contributed by atoms with Gasteiger partial charge in [0.15, 0.2) is 0 Å². The van der Waals surface area contributed by atoms with E-state index in [1.807, 2.05) is 0 Å². The lowest BCUT2D eigenvalue weighted by Gasteiger charge is -2.08. The molecule has 2 aromatic carbocycles. The summed E-state index contributed by atoms with van der Waals surface area (Å²) in [4.78, 5) is 12.0. The van der Waals surface area contributed by atoms with E-state index in [-0.39, 0.29) is 5.56 Å². The van der Waals surface area contributed by atoms with Gasteiger partial charge >= 0.3 is 0 Å². The van der Waals surface area contributed by atoms with Gasteiger partial charge in [-0.3, -0.25) is 4.79 Å². The van der Waals surface area contributed by atoms with E-state index in [1.54, 1.807) is 12.1 Å². The summed E-state index contributed by atoms with van der Waals surface area (Å²) in [5, 5.41) is 3.22. The molecule has 6 heteroatoms. The number of ether oxygens (including phenoxy) is 1. The van der Waals surface area contributed by atoms with E-state index in [2.05, 4.69) is 5.32 Å². The van der Waals surface area contributed by atoms with Crippen molar-refractivity contribution in [2.24, 2.45) is 0 Å². The second kappa shape index (κ2) is 6.11. The van der Waals surface area contributed by atoms with E-state index in [4.69, 9.17) is 27.9 Å². The van der Waals surface area contributed by atoms with Gasteiger partial charge in [0.2, 0.25) is 0 Å². The van der Waals surface area contributed by atoms with Crippen molar-refractivity contribution in [2.45, 2.75) is 0 Å². The van der Waals surface area contributed by atoms with E-state index in [1.165, 1.54) is 25.3 Å². The van der Waals surface area contributed by atoms with E-state index in [0.29, 0.717) is 21.5 Å². The van der Waals surface area contributed by atoms with Crippen LogP contribution in [0, 0.1) is 5.82 Å². The van der Waals surface area contributed by atoms with Gasteiger partial charge in [0.05, 0.1) is 22.7 Å². The third-order valence-corrected chi connectivity index (χ3v) is 3.34. The highest BCUT2D eigenvalue weighted by molar-refractivity contribution is 6.42. The number of methoxy groups -OCH3 is 1. The molecule has 0 aromatic heterocycles. The zero-order chi connectivity index (χ0) is 14.7. The number of amides is 1. The second-order valence-corrected chi connectivity index (χ2v) is 4.74. The first-order valence-electron chi connectivity index (χ1n) is 5.61. The molecule has 1 N–H and O–H groups in total. The summed E-state index contributed by atoms with van der Waals surface area (Å²) in [6, 6.07) is 8.61. The summed E-state index contributed by atoms with van der Waals surface area (Å²) in [7, 11) is 1.42. The molecule has 2 rings (SSSR count). The van der Waals surface area contributed by atoms with Crippen molar-refractivity contribution in [3.63, 3.8) is 0 Å². The Morgan fingerprint density at radius 3 is 2.50 bits per heavy atom. The zero-order valence-electron chi connectivity index (χ0n) is 10.4. The third kappa shape index (κ3) is 3.21. The number of anilines is 1. The van der Waals surface area contributed by atoms with E-state index < -0.39 is 11.7 Å². The molecule has 0 spiro atoms. The predicted octanol–water partition coefficient (Wildman–Crippen LogP) is 4.39. The van der Waals surface area contributed by atoms with Gasteiger partial charge in [-0.2, -0.15) is 0 Å². The van der Waals surface area contributed by atoms with Crippen LogP contribution >= 0.6 is 23.2 Å². The highest BCUT2D eigenvalue weighted by atomic mass is 35.5. The molecule has 0 unspecified atom stereocenters. The van der Waals surface area contributed by atoms with Gasteiger partial charge in [0, 0.05) is 11.8 Å². The summed E-state index contributed by atoms with van der Waals surface area (Å²) in [6.07, 6.45) is 0. The van der Waals surface area contributed by atoms with Crippen LogP contribution in [0.1, 0.15) is 10.4 Å². The maximum atomic E-state index is 13.7. The average Bonchev–Trinajstić information content (AvgIpc) is 2.42. The first-order chi connectivity index (χ1) is 9.51. The molecule has 0 atom stereocenters. The van der Waals surface area contributed by atoms with E-state index in [0.717, 1.165) is 6.07 Å². The van der Waals surface area contributed by atoms with Gasteiger partial charge in [0.25, 0.3) is 5.91 Å². The molecule has 1 amide bonds. The Bertz CT molecular complexity index is 662. The van der Waals surface area contributed by atoms with Crippen molar-refractivity contribution in [1.29, 1.82) is 0 Å². The van der Waals surface area contributed by atoms with E-state index in [9.17, 15) is 9.18 Å². The number of hydrogen-bond acceptors (Lipinski definition) is 2. The first-order valence-corrected chi connectivity index (χ1v) is 6.37. The normalized spacial score (nSPS) is 10.2. The lowest BCUT2D eigenvalue weighted by Crippen LogP contribution is -2.13. The van der Waals surface area contributed by atoms with E-state index >= 15 is 0 Å². The molecule has 0 fully saturated rings. The molecule has 2 aromatic rings. The van der Waals surface area contributed by atoms with Crippen LogP contribution in [-0.4, -0.2) is 13.0 Å². The quantitative estimate of drug-likeness (QED) is 0.912. The minimum absolute atomic E-state index is 0.0862. The number of nitrogens with one attached hydrogen (secondary N) is 1. The number of rotatable bonds is 3. The van der Waals surface area contributed by atoms with Crippen molar-refractivity contribution < 1.29 is 13.9 Å². The Hall–Kier alpha value is -1.78. The minimum atomic E-state index is -0.665. The molecule has 0 bridgehead atoms. The number of hydrogen-bond donors (Lipinski definition) is 1. The maximum absolute atomic E-state index is 13.7. The Morgan fingerprint density at radius 1 is 1.15 bits per heavy atom. The van der Waals surface area contributed by atoms with Crippen LogP contribution in [0.3, 0.4) is 0 Å². The molecular formula is C14H10Cl2FNO2. The molecule has 0 aliphatic rings. The van der Waals surface area contributed by atoms with Gasteiger partial charge in [-0.1, -0.05) is 23.2 Å². The van der Waals surface area contributed by atoms with Gasteiger partial charge in [-0.25, -0.2) is 4.39 Å². The minimum Gasteiger partial charge on any atom is -0.497 e. The topological polar surface area (TPSA) is 38.3 Å². The Labute approximate surface area is 125 Å². The SMILES string of the molecule is COc1ccc(C(=O)Nc2ccc(Cl)c(Cl)c2)c(F)c1. The molecular weight excluding hydrogens is 304 g/mol. The molecule has 104 valence electrons. The number of carbonyl (C=O) groups is 1. The lowest BCUT2D eigenvalue weighted by molar-refractivity contribution is 0.102. The first kappa shape index (κ1) is 14.6. The Kier molecular flexibility index (Phi) is 4.47. The van der Waals surface area contributed by atoms with Crippen molar-refractivity contribution in [3.05, 3.63) is 57.8 Å². The Morgan fingerprint density at radius 2 is 1.90 bits per heavy atom. The fourth-order valence-electron chi connectivity index (χ4n) is 1.58. The van der Waals surface area contributed by atoms with Gasteiger partial charge in [-0.05, 0) is 30.3 Å². The average molecular weight is 314 g/mol. The summed E-state index contributed by atoms with van der Waals surface area (Å²) >= 11 is 11.6. The molecule has 0 aliphatic carbocycles. The summed E-state index contributed by atoms with van der Waals surface area (Å²) in [5.74, 6) is -0.904. The van der Waals surface area contributed by atoms with Crippen molar-refractivity contribution in [3.8, 4) is 5.75 Å². The largest absolute Gasteiger partial charge is 0.497 e.